The SMILES string of the molecule is CC(C)NCCS(=O)(=O)NC(C)CS(C)(=O)=O. The minimum Gasteiger partial charge on any atom is -0.313 e. The summed E-state index contributed by atoms with van der Waals surface area (Å²) >= 11 is 0. The van der Waals surface area contributed by atoms with Crippen LogP contribution in [0.4, 0.5) is 0 Å². The lowest BCUT2D eigenvalue weighted by molar-refractivity contribution is 0.555. The fourth-order valence-corrected chi connectivity index (χ4v) is 3.63. The van der Waals surface area contributed by atoms with Crippen LogP contribution in [0, 0.1) is 0 Å². The van der Waals surface area contributed by atoms with Gasteiger partial charge in [-0.05, 0) is 6.92 Å². The molecule has 0 aromatic rings. The van der Waals surface area contributed by atoms with Gasteiger partial charge in [0.15, 0.2) is 0 Å². The first-order valence-corrected chi connectivity index (χ1v) is 9.14. The van der Waals surface area contributed by atoms with Crippen molar-refractivity contribution in [2.24, 2.45) is 0 Å². The predicted molar refractivity (Wildman–Crippen MR) is 69.2 cm³/mol. The van der Waals surface area contributed by atoms with E-state index in [9.17, 15) is 16.8 Å². The maximum atomic E-state index is 11.6. The summed E-state index contributed by atoms with van der Waals surface area (Å²) in [6.45, 7) is 5.73. The Balaban J connectivity index is 4.17. The Labute approximate surface area is 104 Å². The molecular weight excluding hydrogens is 264 g/mol. The van der Waals surface area contributed by atoms with Crippen molar-refractivity contribution in [3.05, 3.63) is 0 Å². The Bertz CT molecular complexity index is 414. The molecule has 0 fully saturated rings. The van der Waals surface area contributed by atoms with Crippen molar-refractivity contribution in [3.8, 4) is 0 Å². The van der Waals surface area contributed by atoms with Crippen LogP contribution in [0.5, 0.6) is 0 Å². The maximum absolute atomic E-state index is 11.6. The molecule has 0 bridgehead atoms. The minimum absolute atomic E-state index is 0.0563. The second-order valence-corrected chi connectivity index (χ2v) is 8.60. The summed E-state index contributed by atoms with van der Waals surface area (Å²) < 4.78 is 47.4. The zero-order chi connectivity index (χ0) is 13.7. The van der Waals surface area contributed by atoms with E-state index in [2.05, 4.69) is 10.0 Å². The summed E-state index contributed by atoms with van der Waals surface area (Å²) in [5.41, 5.74) is 0. The van der Waals surface area contributed by atoms with Crippen molar-refractivity contribution < 1.29 is 16.8 Å². The molecule has 2 N–H and O–H groups in total. The molecule has 0 aliphatic rings. The molecule has 0 radical (unpaired) electrons. The lowest BCUT2D eigenvalue weighted by Crippen LogP contribution is -2.41. The normalized spacial score (nSPS) is 15.1. The Morgan fingerprint density at radius 2 is 1.59 bits per heavy atom. The largest absolute Gasteiger partial charge is 0.313 e. The fourth-order valence-electron chi connectivity index (χ4n) is 1.34. The molecule has 0 aliphatic heterocycles. The molecule has 0 spiro atoms. The third kappa shape index (κ3) is 10.7. The summed E-state index contributed by atoms with van der Waals surface area (Å²) in [6.07, 6.45) is 1.08. The zero-order valence-corrected chi connectivity index (χ0v) is 12.4. The molecule has 0 saturated heterocycles. The number of hydrogen-bond acceptors (Lipinski definition) is 5. The summed E-state index contributed by atoms with van der Waals surface area (Å²) in [6, 6.07) is -0.382. The van der Waals surface area contributed by atoms with Crippen LogP contribution in [0.3, 0.4) is 0 Å². The van der Waals surface area contributed by atoms with Crippen LogP contribution in [0.1, 0.15) is 20.8 Å². The second-order valence-electron chi connectivity index (χ2n) is 4.54. The van der Waals surface area contributed by atoms with Gasteiger partial charge in [0.2, 0.25) is 10.0 Å². The molecule has 0 aromatic heterocycles. The number of nitrogens with one attached hydrogen (secondary N) is 2. The Hall–Kier alpha value is -0.180. The lowest BCUT2D eigenvalue weighted by Gasteiger charge is -2.14. The highest BCUT2D eigenvalue weighted by Gasteiger charge is 2.17. The first-order valence-electron chi connectivity index (χ1n) is 5.43. The molecule has 0 heterocycles. The summed E-state index contributed by atoms with van der Waals surface area (Å²) in [4.78, 5) is 0. The smallest absolute Gasteiger partial charge is 0.213 e. The van der Waals surface area contributed by atoms with E-state index in [1.807, 2.05) is 13.8 Å². The van der Waals surface area contributed by atoms with Gasteiger partial charge in [0, 0.05) is 24.9 Å². The van der Waals surface area contributed by atoms with Gasteiger partial charge >= 0.3 is 0 Å². The molecule has 0 aromatic carbocycles. The van der Waals surface area contributed by atoms with Gasteiger partial charge in [-0.1, -0.05) is 13.8 Å². The topological polar surface area (TPSA) is 92.3 Å². The van der Waals surface area contributed by atoms with Gasteiger partial charge in [-0.3, -0.25) is 0 Å². The van der Waals surface area contributed by atoms with Crippen molar-refractivity contribution in [1.82, 2.24) is 10.0 Å². The predicted octanol–water partition coefficient (Wildman–Crippen LogP) is -0.663. The summed E-state index contributed by atoms with van der Waals surface area (Å²) in [5.74, 6) is -0.247. The highest BCUT2D eigenvalue weighted by Crippen LogP contribution is 1.94. The van der Waals surface area contributed by atoms with Crippen molar-refractivity contribution in [1.29, 1.82) is 0 Å². The van der Waals surface area contributed by atoms with Crippen molar-refractivity contribution in [2.45, 2.75) is 32.9 Å². The standard InChI is InChI=1S/C9H22N2O4S2/c1-8(2)10-5-6-17(14,15)11-9(3)7-16(4,12)13/h8-11H,5-7H2,1-4H3. The van der Waals surface area contributed by atoms with E-state index < -0.39 is 25.9 Å². The van der Waals surface area contributed by atoms with Gasteiger partial charge in [-0.15, -0.1) is 0 Å². The van der Waals surface area contributed by atoms with E-state index in [-0.39, 0.29) is 17.5 Å². The van der Waals surface area contributed by atoms with Gasteiger partial charge in [-0.2, -0.15) is 0 Å². The maximum Gasteiger partial charge on any atom is 0.213 e. The highest BCUT2D eigenvalue weighted by atomic mass is 32.2. The van der Waals surface area contributed by atoms with Crippen LogP contribution in [0.25, 0.3) is 0 Å². The Kier molecular flexibility index (Phi) is 6.60. The van der Waals surface area contributed by atoms with E-state index in [1.54, 1.807) is 0 Å². The van der Waals surface area contributed by atoms with Gasteiger partial charge in [0.25, 0.3) is 0 Å². The molecule has 8 heteroatoms. The van der Waals surface area contributed by atoms with E-state index in [4.69, 9.17) is 0 Å². The van der Waals surface area contributed by atoms with Crippen molar-refractivity contribution in [2.75, 3.05) is 24.3 Å². The molecule has 0 saturated carbocycles. The molecule has 0 rings (SSSR count). The average molecular weight is 286 g/mol. The molecular formula is C9H22N2O4S2. The molecule has 6 nitrogen and oxygen atoms in total. The summed E-state index contributed by atoms with van der Waals surface area (Å²) in [5, 5.41) is 2.99. The van der Waals surface area contributed by atoms with Gasteiger partial charge in [0.1, 0.15) is 9.84 Å². The molecule has 17 heavy (non-hydrogen) atoms. The Morgan fingerprint density at radius 1 is 1.06 bits per heavy atom. The van der Waals surface area contributed by atoms with Gasteiger partial charge < -0.3 is 5.32 Å². The van der Waals surface area contributed by atoms with E-state index >= 15 is 0 Å². The van der Waals surface area contributed by atoms with E-state index in [0.717, 1.165) is 6.26 Å². The van der Waals surface area contributed by atoms with Crippen LogP contribution >= 0.6 is 0 Å². The van der Waals surface area contributed by atoms with Gasteiger partial charge in [0.05, 0.1) is 11.5 Å². The third-order valence-electron chi connectivity index (χ3n) is 1.86. The molecule has 0 amide bonds. The quantitative estimate of drug-likeness (QED) is 0.618. The van der Waals surface area contributed by atoms with Crippen LogP contribution < -0.4 is 10.0 Å². The van der Waals surface area contributed by atoms with Crippen LogP contribution in [0.15, 0.2) is 0 Å². The van der Waals surface area contributed by atoms with E-state index in [0.29, 0.717) is 6.54 Å². The van der Waals surface area contributed by atoms with Crippen LogP contribution in [-0.2, 0) is 19.9 Å². The molecule has 1 atom stereocenters. The zero-order valence-electron chi connectivity index (χ0n) is 10.7. The number of sulfonamides is 1. The second kappa shape index (κ2) is 6.67. The average Bonchev–Trinajstić information content (AvgIpc) is 1.96. The summed E-state index contributed by atoms with van der Waals surface area (Å²) in [7, 11) is -6.60. The lowest BCUT2D eigenvalue weighted by atomic mass is 10.4. The number of rotatable bonds is 8. The monoisotopic (exact) mass is 286 g/mol. The first-order chi connectivity index (χ1) is 7.52. The van der Waals surface area contributed by atoms with Crippen molar-refractivity contribution >= 4 is 19.9 Å². The third-order valence-corrected chi connectivity index (χ3v) is 4.47. The minimum atomic E-state index is -3.43. The molecule has 0 aliphatic carbocycles. The fraction of sp³-hybridized carbons (Fsp3) is 1.00. The highest BCUT2D eigenvalue weighted by molar-refractivity contribution is 7.91. The first kappa shape index (κ1) is 16.8. The molecule has 1 unspecified atom stereocenters. The van der Waals surface area contributed by atoms with Crippen molar-refractivity contribution in [3.63, 3.8) is 0 Å². The van der Waals surface area contributed by atoms with Gasteiger partial charge in [-0.25, -0.2) is 21.6 Å². The molecule has 104 valence electrons. The van der Waals surface area contributed by atoms with Crippen LogP contribution in [0.2, 0.25) is 0 Å². The number of sulfone groups is 1. The van der Waals surface area contributed by atoms with Crippen LogP contribution in [-0.4, -0.2) is 53.2 Å². The Morgan fingerprint density at radius 3 is 2.00 bits per heavy atom. The van der Waals surface area contributed by atoms with E-state index in [1.165, 1.54) is 6.92 Å². The number of hydrogen-bond donors (Lipinski definition) is 2.